The lowest BCUT2D eigenvalue weighted by molar-refractivity contribution is -0.145. The Kier molecular flexibility index (Phi) is 10.5. The van der Waals surface area contributed by atoms with Crippen molar-refractivity contribution in [3.8, 4) is 5.75 Å². The number of carbonyl (C=O) groups is 3. The number of anilines is 2. The van der Waals surface area contributed by atoms with Crippen molar-refractivity contribution < 1.29 is 29.0 Å². The first kappa shape index (κ1) is 35.4. The van der Waals surface area contributed by atoms with Crippen LogP contribution in [0.25, 0.3) is 0 Å². The number of aliphatic hydroxyl groups is 1. The van der Waals surface area contributed by atoms with Crippen molar-refractivity contribution >= 4 is 29.1 Å². The van der Waals surface area contributed by atoms with Gasteiger partial charge in [-0.1, -0.05) is 31.2 Å². The van der Waals surface area contributed by atoms with Gasteiger partial charge in [0, 0.05) is 37.6 Å². The molecule has 258 valence electrons. The Morgan fingerprint density at radius 2 is 1.73 bits per heavy atom. The maximum atomic E-state index is 15.0. The first-order chi connectivity index (χ1) is 23.0. The Bertz CT molecular complexity index is 1540. The van der Waals surface area contributed by atoms with E-state index in [2.05, 4.69) is 20.1 Å². The molecule has 0 aromatic heterocycles. The topological polar surface area (TPSA) is 99.6 Å². The molecule has 3 fully saturated rings. The molecule has 3 aliphatic heterocycles. The van der Waals surface area contributed by atoms with E-state index in [1.807, 2.05) is 70.2 Å². The number of aliphatic hydroxyl groups excluding tert-OH is 1. The van der Waals surface area contributed by atoms with Crippen LogP contribution in [0.3, 0.4) is 0 Å². The number of carbonyl (C=O) groups excluding carboxylic acids is 3. The van der Waals surface area contributed by atoms with Crippen molar-refractivity contribution in [2.45, 2.75) is 77.5 Å². The van der Waals surface area contributed by atoms with Gasteiger partial charge in [-0.3, -0.25) is 14.4 Å². The molecule has 3 heterocycles. The van der Waals surface area contributed by atoms with E-state index in [4.69, 9.17) is 9.47 Å². The average Bonchev–Trinajstić information content (AvgIpc) is 3.58. The number of fused-ring (bicyclic) bond motifs is 1. The van der Waals surface area contributed by atoms with E-state index in [0.717, 1.165) is 16.8 Å². The van der Waals surface area contributed by atoms with Crippen LogP contribution in [0, 0.1) is 31.6 Å². The quantitative estimate of drug-likeness (QED) is 0.197. The van der Waals surface area contributed by atoms with Gasteiger partial charge < -0.3 is 29.3 Å². The third kappa shape index (κ3) is 5.96. The third-order valence-electron chi connectivity index (χ3n) is 10.6. The van der Waals surface area contributed by atoms with Crippen molar-refractivity contribution in [3.05, 3.63) is 78.9 Å². The van der Waals surface area contributed by atoms with Gasteiger partial charge in [0.25, 0.3) is 5.91 Å². The molecule has 3 saturated heterocycles. The fourth-order valence-electron chi connectivity index (χ4n) is 8.31. The maximum absolute atomic E-state index is 15.0. The zero-order valence-corrected chi connectivity index (χ0v) is 29.1. The summed E-state index contributed by atoms with van der Waals surface area (Å²) in [6.07, 6.45) is 5.78. The van der Waals surface area contributed by atoms with Gasteiger partial charge in [-0.15, -0.1) is 13.2 Å². The number of rotatable bonds is 15. The summed E-state index contributed by atoms with van der Waals surface area (Å²) in [6.45, 7) is 19.1. The highest BCUT2D eigenvalue weighted by atomic mass is 16.5. The summed E-state index contributed by atoms with van der Waals surface area (Å²) >= 11 is 0. The number of hydrogen-bond acceptors (Lipinski definition) is 6. The molecule has 0 aliphatic carbocycles. The summed E-state index contributed by atoms with van der Waals surface area (Å²) in [4.78, 5) is 49.7. The molecule has 0 saturated carbocycles. The number of aryl methyl sites for hydroxylation is 2. The van der Waals surface area contributed by atoms with E-state index < -0.39 is 29.1 Å². The lowest BCUT2D eigenvalue weighted by Crippen LogP contribution is -2.57. The van der Waals surface area contributed by atoms with Gasteiger partial charge in [0.05, 0.1) is 24.0 Å². The van der Waals surface area contributed by atoms with E-state index in [9.17, 15) is 14.7 Å². The van der Waals surface area contributed by atoms with Gasteiger partial charge in [-0.25, -0.2) is 0 Å². The normalized spacial score (nSPS) is 27.1. The Morgan fingerprint density at radius 3 is 2.38 bits per heavy atom. The van der Waals surface area contributed by atoms with Crippen molar-refractivity contribution in [1.29, 1.82) is 0 Å². The predicted molar refractivity (Wildman–Crippen MR) is 188 cm³/mol. The van der Waals surface area contributed by atoms with Gasteiger partial charge in [0.2, 0.25) is 11.8 Å². The van der Waals surface area contributed by atoms with Crippen LogP contribution in [-0.2, 0) is 19.1 Å². The number of hydrogen-bond donors (Lipinski definition) is 1. The molecule has 1 spiro atoms. The van der Waals surface area contributed by atoms with Crippen LogP contribution in [0.4, 0.5) is 11.4 Å². The molecular formula is C39H51N3O6. The molecule has 6 atom stereocenters. The Morgan fingerprint density at radius 1 is 1.04 bits per heavy atom. The second-order valence-corrected chi connectivity index (χ2v) is 13.7. The Balaban J connectivity index is 1.60. The summed E-state index contributed by atoms with van der Waals surface area (Å²) in [5.41, 5.74) is 1.23. The van der Waals surface area contributed by atoms with E-state index in [1.54, 1.807) is 26.9 Å². The highest BCUT2D eigenvalue weighted by Gasteiger charge is 2.80. The number of nitrogens with zero attached hydrogens (tertiary/aromatic N) is 3. The summed E-state index contributed by atoms with van der Waals surface area (Å²) < 4.78 is 12.7. The van der Waals surface area contributed by atoms with Crippen LogP contribution >= 0.6 is 0 Å². The lowest BCUT2D eigenvalue weighted by Gasteiger charge is -2.39. The van der Waals surface area contributed by atoms with Crippen molar-refractivity contribution in [3.63, 3.8) is 0 Å². The number of amides is 3. The van der Waals surface area contributed by atoms with Crippen LogP contribution in [0.1, 0.15) is 57.6 Å². The molecule has 9 heteroatoms. The van der Waals surface area contributed by atoms with E-state index in [1.165, 1.54) is 0 Å². The van der Waals surface area contributed by atoms with E-state index in [0.29, 0.717) is 50.3 Å². The molecule has 48 heavy (non-hydrogen) atoms. The second-order valence-electron chi connectivity index (χ2n) is 13.7. The summed E-state index contributed by atoms with van der Waals surface area (Å²) in [5, 5.41) is 9.43. The lowest BCUT2D eigenvalue weighted by atomic mass is 9.62. The van der Waals surface area contributed by atoms with Gasteiger partial charge in [0.1, 0.15) is 17.4 Å². The van der Waals surface area contributed by atoms with Crippen molar-refractivity contribution in [2.75, 3.05) is 42.6 Å². The van der Waals surface area contributed by atoms with Gasteiger partial charge in [-0.05, 0) is 101 Å². The SMILES string of the molecule is C=CCN(C(=O)[C@@H]1[C@H]2C(=O)N(CCCCCO)C(C(=O)N(CC=C)c3cc(C)ccc3C)C23CC(C)[C@@]1(C)O3)c1ccc(OCC)cc1. The Hall–Kier alpha value is -3.95. The number of benzene rings is 2. The van der Waals surface area contributed by atoms with Crippen LogP contribution in [0.15, 0.2) is 67.8 Å². The zero-order chi connectivity index (χ0) is 34.8. The Labute approximate surface area is 285 Å². The monoisotopic (exact) mass is 657 g/mol. The molecule has 3 unspecified atom stereocenters. The summed E-state index contributed by atoms with van der Waals surface area (Å²) in [5.74, 6) is -1.73. The van der Waals surface area contributed by atoms with Gasteiger partial charge in [-0.2, -0.15) is 0 Å². The standard InChI is InChI=1S/C39H51N3O6/c1-8-20-40(29-16-18-30(19-17-29)47-10-3)35(44)32-33-36(45)42(22-12-11-13-23-43)34(39(33)25-28(6)38(32,7)48-39)37(46)41(21-9-2)31-24-26(4)14-15-27(31)5/h8-9,14-19,24,28,32-34,43H,1-2,10-13,20-23,25H2,3-7H3/t28?,32-,33-,34?,38+,39?/m0/s1. The fraction of sp³-hybridized carbons (Fsp3) is 0.513. The number of likely N-dealkylation sites (tertiary alicyclic amines) is 1. The van der Waals surface area contributed by atoms with Gasteiger partial charge >= 0.3 is 0 Å². The molecule has 3 aliphatic rings. The largest absolute Gasteiger partial charge is 0.494 e. The fourth-order valence-corrected chi connectivity index (χ4v) is 8.31. The van der Waals surface area contributed by atoms with Crippen LogP contribution in [0.5, 0.6) is 5.75 Å². The number of unbranched alkanes of at least 4 members (excludes halogenated alkanes) is 2. The van der Waals surface area contributed by atoms with Gasteiger partial charge in [0.15, 0.2) is 0 Å². The third-order valence-corrected chi connectivity index (χ3v) is 10.6. The van der Waals surface area contributed by atoms with Crippen LogP contribution in [-0.4, -0.2) is 77.8 Å². The van der Waals surface area contributed by atoms with Crippen molar-refractivity contribution in [2.24, 2.45) is 17.8 Å². The average molecular weight is 658 g/mol. The molecule has 2 aromatic carbocycles. The molecule has 0 radical (unpaired) electrons. The molecule has 2 aromatic rings. The molecule has 3 amide bonds. The maximum Gasteiger partial charge on any atom is 0.253 e. The minimum absolute atomic E-state index is 0.0584. The predicted octanol–water partition coefficient (Wildman–Crippen LogP) is 5.61. The second kappa shape index (κ2) is 14.3. The number of ether oxygens (including phenoxy) is 2. The minimum Gasteiger partial charge on any atom is -0.494 e. The summed E-state index contributed by atoms with van der Waals surface area (Å²) in [7, 11) is 0. The van der Waals surface area contributed by atoms with Crippen LogP contribution < -0.4 is 14.5 Å². The van der Waals surface area contributed by atoms with E-state index >= 15 is 4.79 Å². The highest BCUT2D eigenvalue weighted by Crippen LogP contribution is 2.65. The zero-order valence-electron chi connectivity index (χ0n) is 29.1. The van der Waals surface area contributed by atoms with Crippen molar-refractivity contribution in [1.82, 2.24) is 4.90 Å². The first-order valence-corrected chi connectivity index (χ1v) is 17.2. The highest BCUT2D eigenvalue weighted by molar-refractivity contribution is 6.07. The molecule has 9 nitrogen and oxygen atoms in total. The smallest absolute Gasteiger partial charge is 0.253 e. The van der Waals surface area contributed by atoms with Crippen LogP contribution in [0.2, 0.25) is 0 Å². The molecule has 2 bridgehead atoms. The molecule has 1 N–H and O–H groups in total. The van der Waals surface area contributed by atoms with E-state index in [-0.39, 0.29) is 43.3 Å². The first-order valence-electron chi connectivity index (χ1n) is 17.2. The molecular weight excluding hydrogens is 606 g/mol. The molecule has 5 rings (SSSR count). The summed E-state index contributed by atoms with van der Waals surface area (Å²) in [6, 6.07) is 12.4. The minimum atomic E-state index is -1.19.